The number of hydrogen-bond donors (Lipinski definition) is 3. The van der Waals surface area contributed by atoms with Crippen LogP contribution in [0.2, 0.25) is 0 Å². The van der Waals surface area contributed by atoms with Crippen molar-refractivity contribution >= 4 is 17.6 Å². The van der Waals surface area contributed by atoms with Gasteiger partial charge in [-0.1, -0.05) is 0 Å². The number of carbonyl (C=O) groups is 2. The molecule has 0 aliphatic carbocycles. The van der Waals surface area contributed by atoms with Crippen LogP contribution in [-0.2, 0) is 9.53 Å². The standard InChI is InChI=1S/C17H25N3O4/c1-12(15-4-3-10-24-15)19-17(22)20-13-5-7-14(8-6-13)23-11-9-16(21)18-2/h5-8,12,15H,3-4,9-11H2,1-2H3,(H,18,21)(H2,19,20,22)/t12-,15-/m1/s1. The number of carbonyl (C=O) groups excluding carboxylic acids is 2. The summed E-state index contributed by atoms with van der Waals surface area (Å²) in [5, 5.41) is 8.20. The zero-order chi connectivity index (χ0) is 17.4. The van der Waals surface area contributed by atoms with Crippen LogP contribution < -0.4 is 20.7 Å². The smallest absolute Gasteiger partial charge is 0.319 e. The average Bonchev–Trinajstić information content (AvgIpc) is 3.11. The monoisotopic (exact) mass is 335 g/mol. The van der Waals surface area contributed by atoms with E-state index in [0.717, 1.165) is 19.4 Å². The first-order chi connectivity index (χ1) is 11.6. The van der Waals surface area contributed by atoms with E-state index < -0.39 is 0 Å². The molecule has 1 aromatic rings. The first-order valence-corrected chi connectivity index (χ1v) is 8.21. The number of anilines is 1. The summed E-state index contributed by atoms with van der Waals surface area (Å²) >= 11 is 0. The first kappa shape index (κ1) is 18.1. The van der Waals surface area contributed by atoms with Crippen LogP contribution in [0.5, 0.6) is 5.75 Å². The highest BCUT2D eigenvalue weighted by Crippen LogP contribution is 2.17. The van der Waals surface area contributed by atoms with E-state index in [1.165, 1.54) is 0 Å². The number of rotatable bonds is 7. The maximum Gasteiger partial charge on any atom is 0.319 e. The van der Waals surface area contributed by atoms with Gasteiger partial charge in [-0.3, -0.25) is 4.79 Å². The van der Waals surface area contributed by atoms with Gasteiger partial charge in [0.25, 0.3) is 0 Å². The molecule has 2 atom stereocenters. The van der Waals surface area contributed by atoms with Crippen LogP contribution in [0.3, 0.4) is 0 Å². The third kappa shape index (κ3) is 5.73. The molecule has 1 aliphatic rings. The Balaban J connectivity index is 1.74. The van der Waals surface area contributed by atoms with Gasteiger partial charge < -0.3 is 25.4 Å². The third-order valence-electron chi connectivity index (χ3n) is 3.87. The second-order valence-electron chi connectivity index (χ2n) is 5.73. The van der Waals surface area contributed by atoms with Crippen molar-refractivity contribution < 1.29 is 19.1 Å². The molecule has 0 saturated carbocycles. The van der Waals surface area contributed by atoms with Gasteiger partial charge in [0, 0.05) is 19.3 Å². The van der Waals surface area contributed by atoms with Crippen LogP contribution in [0, 0.1) is 0 Å². The van der Waals surface area contributed by atoms with E-state index in [9.17, 15) is 9.59 Å². The van der Waals surface area contributed by atoms with E-state index in [-0.39, 0.29) is 24.1 Å². The molecule has 0 spiro atoms. The molecule has 7 nitrogen and oxygen atoms in total. The molecular weight excluding hydrogens is 310 g/mol. The molecule has 132 valence electrons. The molecular formula is C17H25N3O4. The zero-order valence-electron chi connectivity index (χ0n) is 14.1. The van der Waals surface area contributed by atoms with Gasteiger partial charge in [-0.15, -0.1) is 0 Å². The van der Waals surface area contributed by atoms with E-state index in [2.05, 4.69) is 16.0 Å². The maximum atomic E-state index is 12.0. The quantitative estimate of drug-likeness (QED) is 0.710. The first-order valence-electron chi connectivity index (χ1n) is 8.21. The highest BCUT2D eigenvalue weighted by atomic mass is 16.5. The summed E-state index contributed by atoms with van der Waals surface area (Å²) in [6, 6.07) is 6.73. The molecule has 0 radical (unpaired) electrons. The topological polar surface area (TPSA) is 88.7 Å². The fraction of sp³-hybridized carbons (Fsp3) is 0.529. The summed E-state index contributed by atoms with van der Waals surface area (Å²) in [5.41, 5.74) is 0.672. The molecule has 1 saturated heterocycles. The summed E-state index contributed by atoms with van der Waals surface area (Å²) in [6.45, 7) is 3.02. The SMILES string of the molecule is CNC(=O)CCOc1ccc(NC(=O)N[C@H](C)[C@H]2CCCO2)cc1. The molecule has 0 unspecified atom stereocenters. The lowest BCUT2D eigenvalue weighted by atomic mass is 10.1. The number of benzene rings is 1. The Hall–Kier alpha value is -2.28. The van der Waals surface area contributed by atoms with Gasteiger partial charge in [-0.05, 0) is 44.0 Å². The zero-order valence-corrected chi connectivity index (χ0v) is 14.1. The van der Waals surface area contributed by atoms with Gasteiger partial charge in [-0.25, -0.2) is 4.79 Å². The van der Waals surface area contributed by atoms with Gasteiger partial charge in [-0.2, -0.15) is 0 Å². The van der Waals surface area contributed by atoms with Crippen LogP contribution in [0.4, 0.5) is 10.5 Å². The van der Waals surface area contributed by atoms with Crippen molar-refractivity contribution in [3.8, 4) is 5.75 Å². The van der Waals surface area contributed by atoms with Crippen LogP contribution in [0.15, 0.2) is 24.3 Å². The van der Waals surface area contributed by atoms with Gasteiger partial charge in [0.2, 0.25) is 5.91 Å². The average molecular weight is 335 g/mol. The van der Waals surface area contributed by atoms with E-state index in [0.29, 0.717) is 24.5 Å². The minimum atomic E-state index is -0.258. The van der Waals surface area contributed by atoms with Crippen molar-refractivity contribution in [2.75, 3.05) is 25.6 Å². The molecule has 24 heavy (non-hydrogen) atoms. The van der Waals surface area contributed by atoms with E-state index >= 15 is 0 Å². The maximum absolute atomic E-state index is 12.0. The molecule has 1 heterocycles. The summed E-state index contributed by atoms with van der Waals surface area (Å²) < 4.78 is 11.0. The second kappa shape index (κ2) is 9.12. The summed E-state index contributed by atoms with van der Waals surface area (Å²) in [5.74, 6) is 0.586. The fourth-order valence-electron chi connectivity index (χ4n) is 2.48. The summed E-state index contributed by atoms with van der Waals surface area (Å²) in [4.78, 5) is 23.1. The highest BCUT2D eigenvalue weighted by Gasteiger charge is 2.23. The van der Waals surface area contributed by atoms with Crippen molar-refractivity contribution in [3.63, 3.8) is 0 Å². The van der Waals surface area contributed by atoms with Crippen LogP contribution in [0.1, 0.15) is 26.2 Å². The van der Waals surface area contributed by atoms with E-state index in [1.54, 1.807) is 31.3 Å². The van der Waals surface area contributed by atoms with Crippen LogP contribution in [-0.4, -0.2) is 44.3 Å². The number of urea groups is 1. The molecule has 3 N–H and O–H groups in total. The third-order valence-corrected chi connectivity index (χ3v) is 3.87. The molecule has 2 rings (SSSR count). The molecule has 0 aromatic heterocycles. The highest BCUT2D eigenvalue weighted by molar-refractivity contribution is 5.89. The van der Waals surface area contributed by atoms with Gasteiger partial charge in [0.05, 0.1) is 25.2 Å². The fourth-order valence-corrected chi connectivity index (χ4v) is 2.48. The molecule has 1 aromatic carbocycles. The minimum Gasteiger partial charge on any atom is -0.493 e. The Bertz CT molecular complexity index is 541. The van der Waals surface area contributed by atoms with Gasteiger partial charge >= 0.3 is 6.03 Å². The Morgan fingerprint density at radius 1 is 1.33 bits per heavy atom. The Morgan fingerprint density at radius 2 is 2.08 bits per heavy atom. The largest absolute Gasteiger partial charge is 0.493 e. The van der Waals surface area contributed by atoms with Crippen molar-refractivity contribution in [2.45, 2.75) is 38.3 Å². The van der Waals surface area contributed by atoms with Gasteiger partial charge in [0.1, 0.15) is 5.75 Å². The lowest BCUT2D eigenvalue weighted by Gasteiger charge is -2.20. The Morgan fingerprint density at radius 3 is 2.71 bits per heavy atom. The molecule has 0 bridgehead atoms. The second-order valence-corrected chi connectivity index (χ2v) is 5.73. The van der Waals surface area contributed by atoms with E-state index in [4.69, 9.17) is 9.47 Å². The number of amides is 3. The van der Waals surface area contributed by atoms with Crippen molar-refractivity contribution in [1.29, 1.82) is 0 Å². The molecule has 3 amide bonds. The predicted octanol–water partition coefficient (Wildman–Crippen LogP) is 1.89. The molecule has 1 fully saturated rings. The van der Waals surface area contributed by atoms with Crippen LogP contribution in [0.25, 0.3) is 0 Å². The summed E-state index contributed by atoms with van der Waals surface area (Å²) in [6.07, 6.45) is 2.41. The number of ether oxygens (including phenoxy) is 2. The van der Waals surface area contributed by atoms with Crippen molar-refractivity contribution in [2.24, 2.45) is 0 Å². The lowest BCUT2D eigenvalue weighted by molar-refractivity contribution is -0.121. The normalized spacial score (nSPS) is 17.8. The van der Waals surface area contributed by atoms with Crippen LogP contribution >= 0.6 is 0 Å². The Kier molecular flexibility index (Phi) is 6.87. The molecule has 1 aliphatic heterocycles. The molecule has 7 heteroatoms. The lowest BCUT2D eigenvalue weighted by Crippen LogP contribution is -2.42. The summed E-state index contributed by atoms with van der Waals surface area (Å²) in [7, 11) is 1.59. The van der Waals surface area contributed by atoms with Gasteiger partial charge in [0.15, 0.2) is 0 Å². The van der Waals surface area contributed by atoms with Crippen molar-refractivity contribution in [1.82, 2.24) is 10.6 Å². The predicted molar refractivity (Wildman–Crippen MR) is 91.2 cm³/mol. The number of hydrogen-bond acceptors (Lipinski definition) is 4. The Labute approximate surface area is 142 Å². The van der Waals surface area contributed by atoms with Crippen molar-refractivity contribution in [3.05, 3.63) is 24.3 Å². The minimum absolute atomic E-state index is 0.0279. The number of nitrogens with one attached hydrogen (secondary N) is 3. The van der Waals surface area contributed by atoms with E-state index in [1.807, 2.05) is 6.92 Å².